The number of esters is 2. The standard InChI is InChI=1S/C27H22N10O4/c38-26(20-16-22(34-10-1-6-28-34)32-23(17-20)35-11-2-7-29-35)40-14-5-15-41-27(39)21-18-24(36-12-3-8-30-36)33-25(19-21)37-13-4-9-31-37/h1-4,6-13,16-19H,5,14-15H2. The van der Waals surface area contributed by atoms with Gasteiger partial charge in [0.2, 0.25) is 0 Å². The molecule has 0 fully saturated rings. The summed E-state index contributed by atoms with van der Waals surface area (Å²) in [7, 11) is 0. The second-order valence-electron chi connectivity index (χ2n) is 8.57. The molecule has 6 aromatic heterocycles. The Hall–Kier alpha value is -5.92. The van der Waals surface area contributed by atoms with Gasteiger partial charge in [-0.1, -0.05) is 0 Å². The molecule has 6 aromatic rings. The molecule has 0 saturated carbocycles. The lowest BCUT2D eigenvalue weighted by Gasteiger charge is -2.11. The number of nitrogens with zero attached hydrogens (tertiary/aromatic N) is 10. The maximum absolute atomic E-state index is 12.9. The first-order valence-electron chi connectivity index (χ1n) is 12.5. The molecular formula is C27H22N10O4. The van der Waals surface area contributed by atoms with Crippen LogP contribution in [0.1, 0.15) is 27.1 Å². The maximum Gasteiger partial charge on any atom is 0.338 e. The van der Waals surface area contributed by atoms with Crippen LogP contribution >= 0.6 is 0 Å². The van der Waals surface area contributed by atoms with Gasteiger partial charge in [0, 0.05) is 56.0 Å². The van der Waals surface area contributed by atoms with Crippen LogP contribution in [-0.4, -0.2) is 74.2 Å². The van der Waals surface area contributed by atoms with Crippen molar-refractivity contribution in [2.45, 2.75) is 6.42 Å². The van der Waals surface area contributed by atoms with Gasteiger partial charge < -0.3 is 9.47 Å². The minimum atomic E-state index is -0.553. The van der Waals surface area contributed by atoms with Crippen LogP contribution in [0.25, 0.3) is 23.3 Å². The average molecular weight is 551 g/mol. The van der Waals surface area contributed by atoms with Gasteiger partial charge in [-0.3, -0.25) is 0 Å². The first-order chi connectivity index (χ1) is 20.1. The quantitative estimate of drug-likeness (QED) is 0.184. The number of aromatic nitrogens is 10. The minimum absolute atomic E-state index is 0.0378. The lowest BCUT2D eigenvalue weighted by molar-refractivity contribution is 0.0395. The molecule has 0 atom stereocenters. The van der Waals surface area contributed by atoms with Gasteiger partial charge in [-0.15, -0.1) is 0 Å². The predicted octanol–water partition coefficient (Wildman–Crippen LogP) is 2.62. The summed E-state index contributed by atoms with van der Waals surface area (Å²) in [6.45, 7) is 0.0755. The summed E-state index contributed by atoms with van der Waals surface area (Å²) in [5.41, 5.74) is 0.559. The molecule has 0 saturated heterocycles. The Balaban J connectivity index is 1.09. The van der Waals surface area contributed by atoms with Crippen LogP contribution < -0.4 is 0 Å². The molecule has 14 heteroatoms. The molecule has 204 valence electrons. The van der Waals surface area contributed by atoms with E-state index in [1.165, 1.54) is 18.7 Å². The minimum Gasteiger partial charge on any atom is -0.462 e. The zero-order valence-electron chi connectivity index (χ0n) is 21.5. The monoisotopic (exact) mass is 550 g/mol. The Morgan fingerprint density at radius 1 is 0.537 bits per heavy atom. The Bertz CT molecular complexity index is 1510. The molecule has 0 unspecified atom stereocenters. The van der Waals surface area contributed by atoms with Gasteiger partial charge in [-0.25, -0.2) is 38.3 Å². The second kappa shape index (κ2) is 11.4. The maximum atomic E-state index is 12.9. The third kappa shape index (κ3) is 5.75. The van der Waals surface area contributed by atoms with E-state index in [1.807, 2.05) is 0 Å². The van der Waals surface area contributed by atoms with Crippen LogP contribution in [0.15, 0.2) is 98.1 Å². The molecule has 0 bridgehead atoms. The Morgan fingerprint density at radius 2 is 0.854 bits per heavy atom. The highest BCUT2D eigenvalue weighted by Crippen LogP contribution is 2.16. The van der Waals surface area contributed by atoms with Gasteiger partial charge in [0.1, 0.15) is 0 Å². The predicted molar refractivity (Wildman–Crippen MR) is 142 cm³/mol. The first kappa shape index (κ1) is 25.4. The summed E-state index contributed by atoms with van der Waals surface area (Å²) in [6.07, 6.45) is 13.6. The van der Waals surface area contributed by atoms with E-state index in [2.05, 4.69) is 30.4 Å². The number of carbonyl (C=O) groups is 2. The van der Waals surface area contributed by atoms with Crippen molar-refractivity contribution >= 4 is 11.9 Å². The van der Waals surface area contributed by atoms with E-state index in [1.54, 1.807) is 98.1 Å². The summed E-state index contributed by atoms with van der Waals surface area (Å²) >= 11 is 0. The van der Waals surface area contributed by atoms with Gasteiger partial charge >= 0.3 is 11.9 Å². The summed E-state index contributed by atoms with van der Waals surface area (Å²) in [5, 5.41) is 16.7. The Kier molecular flexibility index (Phi) is 7.08. The van der Waals surface area contributed by atoms with Crippen molar-refractivity contribution in [2.75, 3.05) is 13.2 Å². The van der Waals surface area contributed by atoms with E-state index in [9.17, 15) is 9.59 Å². The SMILES string of the molecule is O=C(OCCCOC(=O)c1cc(-n2cccn2)nc(-n2cccn2)c1)c1cc(-n2cccn2)nc(-n2cccn2)c1. The average Bonchev–Trinajstić information content (AvgIpc) is 3.84. The van der Waals surface area contributed by atoms with Crippen LogP contribution in [-0.2, 0) is 9.47 Å². The third-order valence-electron chi connectivity index (χ3n) is 5.78. The smallest absolute Gasteiger partial charge is 0.338 e. The molecule has 0 aromatic carbocycles. The molecule has 14 nitrogen and oxygen atoms in total. The molecule has 0 amide bonds. The fourth-order valence-electron chi connectivity index (χ4n) is 3.88. The van der Waals surface area contributed by atoms with Crippen LogP contribution in [0.3, 0.4) is 0 Å². The highest BCUT2D eigenvalue weighted by atomic mass is 16.5. The van der Waals surface area contributed by atoms with E-state index in [4.69, 9.17) is 9.47 Å². The second-order valence-corrected chi connectivity index (χ2v) is 8.57. The topological polar surface area (TPSA) is 150 Å². The first-order valence-corrected chi connectivity index (χ1v) is 12.5. The molecule has 6 rings (SSSR count). The number of hydrogen-bond donors (Lipinski definition) is 0. The van der Waals surface area contributed by atoms with Crippen molar-refractivity contribution in [3.05, 3.63) is 109 Å². The highest BCUT2D eigenvalue weighted by molar-refractivity contribution is 5.91. The van der Waals surface area contributed by atoms with Crippen LogP contribution in [0.4, 0.5) is 0 Å². The van der Waals surface area contributed by atoms with E-state index >= 15 is 0 Å². The van der Waals surface area contributed by atoms with E-state index in [0.717, 1.165) is 0 Å². The molecule has 0 N–H and O–H groups in total. The number of rotatable bonds is 10. The third-order valence-corrected chi connectivity index (χ3v) is 5.78. The number of hydrogen-bond acceptors (Lipinski definition) is 10. The lowest BCUT2D eigenvalue weighted by Crippen LogP contribution is -2.14. The Labute approximate surface area is 232 Å². The van der Waals surface area contributed by atoms with E-state index in [0.29, 0.717) is 29.7 Å². The highest BCUT2D eigenvalue weighted by Gasteiger charge is 2.16. The van der Waals surface area contributed by atoms with Gasteiger partial charge in [-0.2, -0.15) is 20.4 Å². The zero-order chi connectivity index (χ0) is 28.0. The lowest BCUT2D eigenvalue weighted by atomic mass is 10.2. The fourth-order valence-corrected chi connectivity index (χ4v) is 3.88. The van der Waals surface area contributed by atoms with Gasteiger partial charge in [0.25, 0.3) is 0 Å². The molecule has 41 heavy (non-hydrogen) atoms. The van der Waals surface area contributed by atoms with Gasteiger partial charge in [-0.05, 0) is 48.5 Å². The van der Waals surface area contributed by atoms with Crippen LogP contribution in [0.5, 0.6) is 0 Å². The van der Waals surface area contributed by atoms with Crippen molar-refractivity contribution in [1.29, 1.82) is 0 Å². The van der Waals surface area contributed by atoms with Crippen molar-refractivity contribution in [2.24, 2.45) is 0 Å². The molecule has 0 spiro atoms. The summed E-state index contributed by atoms with van der Waals surface area (Å²) < 4.78 is 17.1. The van der Waals surface area contributed by atoms with Crippen LogP contribution in [0, 0.1) is 0 Å². The summed E-state index contributed by atoms with van der Waals surface area (Å²) in [5.74, 6) is 0.635. The van der Waals surface area contributed by atoms with Crippen molar-refractivity contribution in [1.82, 2.24) is 49.1 Å². The Morgan fingerprint density at radius 3 is 1.12 bits per heavy atom. The largest absolute Gasteiger partial charge is 0.462 e. The number of carbonyl (C=O) groups excluding carboxylic acids is 2. The summed E-state index contributed by atoms with van der Waals surface area (Å²) in [4.78, 5) is 34.8. The van der Waals surface area contributed by atoms with Gasteiger partial charge in [0.15, 0.2) is 23.3 Å². The van der Waals surface area contributed by atoms with Crippen molar-refractivity contribution in [3.63, 3.8) is 0 Å². The van der Waals surface area contributed by atoms with Crippen LogP contribution in [0.2, 0.25) is 0 Å². The number of ether oxygens (including phenoxy) is 2. The normalized spacial score (nSPS) is 10.9. The molecule has 0 aliphatic rings. The fraction of sp³-hybridized carbons (Fsp3) is 0.111. The molecule has 0 aliphatic heterocycles. The van der Waals surface area contributed by atoms with Crippen molar-refractivity contribution < 1.29 is 19.1 Å². The van der Waals surface area contributed by atoms with E-state index < -0.39 is 11.9 Å². The van der Waals surface area contributed by atoms with E-state index in [-0.39, 0.29) is 24.3 Å². The number of pyridine rings is 2. The molecule has 6 heterocycles. The molecule has 0 radical (unpaired) electrons. The summed E-state index contributed by atoms with van der Waals surface area (Å²) in [6, 6.07) is 13.3. The van der Waals surface area contributed by atoms with Crippen molar-refractivity contribution in [3.8, 4) is 23.3 Å². The molecular weight excluding hydrogens is 528 g/mol. The molecule has 0 aliphatic carbocycles. The van der Waals surface area contributed by atoms with Gasteiger partial charge in [0.05, 0.1) is 24.3 Å². The zero-order valence-corrected chi connectivity index (χ0v) is 21.5.